The molecule has 3 heterocycles. The molecule has 1 aliphatic heterocycles. The van der Waals surface area contributed by atoms with Crippen LogP contribution in [0.5, 0.6) is 5.75 Å². The van der Waals surface area contributed by atoms with Gasteiger partial charge >= 0.3 is 0 Å². The molecule has 7 nitrogen and oxygen atoms in total. The van der Waals surface area contributed by atoms with E-state index < -0.39 is 0 Å². The van der Waals surface area contributed by atoms with Crippen LogP contribution in [0.15, 0.2) is 73.2 Å². The summed E-state index contributed by atoms with van der Waals surface area (Å²) in [6.45, 7) is 14.2. The van der Waals surface area contributed by atoms with Crippen LogP contribution in [0.2, 0.25) is 0 Å². The quantitative estimate of drug-likeness (QED) is 0.274. The van der Waals surface area contributed by atoms with Gasteiger partial charge in [-0.05, 0) is 49.6 Å². The Bertz CT molecular complexity index is 1450. The Labute approximate surface area is 230 Å². The van der Waals surface area contributed by atoms with Crippen molar-refractivity contribution in [3.63, 3.8) is 0 Å². The smallest absolute Gasteiger partial charge is 0.210 e. The van der Waals surface area contributed by atoms with Gasteiger partial charge in [-0.15, -0.1) is 0 Å². The summed E-state index contributed by atoms with van der Waals surface area (Å²) >= 11 is 0. The fraction of sp³-hybridized carbons (Fsp3) is 0.312. The number of aromatic nitrogens is 2. The molecule has 1 aromatic carbocycles. The third kappa shape index (κ3) is 5.56. The number of fused-ring (bicyclic) bond motifs is 1. The molecule has 1 fully saturated rings. The first-order valence-corrected chi connectivity index (χ1v) is 13.2. The van der Waals surface area contributed by atoms with Gasteiger partial charge in [0.1, 0.15) is 11.3 Å². The predicted molar refractivity (Wildman–Crippen MR) is 156 cm³/mol. The largest absolute Gasteiger partial charge is 0.495 e. The van der Waals surface area contributed by atoms with E-state index in [1.54, 1.807) is 31.6 Å². The van der Waals surface area contributed by atoms with E-state index in [9.17, 15) is 4.79 Å². The monoisotopic (exact) mass is 521 g/mol. The van der Waals surface area contributed by atoms with Crippen molar-refractivity contribution in [2.24, 2.45) is 5.92 Å². The number of allylic oxidation sites excluding steroid dienone is 5. The van der Waals surface area contributed by atoms with Crippen LogP contribution in [0.1, 0.15) is 38.8 Å². The van der Waals surface area contributed by atoms with Gasteiger partial charge in [-0.2, -0.15) is 5.26 Å². The van der Waals surface area contributed by atoms with Crippen LogP contribution in [-0.2, 0) is 4.79 Å². The van der Waals surface area contributed by atoms with Crippen LogP contribution < -0.4 is 4.74 Å². The number of carbonyl (C=O) groups excluding carboxylic acids is 1. The van der Waals surface area contributed by atoms with Crippen LogP contribution in [0.4, 0.5) is 0 Å². The summed E-state index contributed by atoms with van der Waals surface area (Å²) in [5, 5.41) is 9.99. The first kappa shape index (κ1) is 27.6. The number of amides is 1. The lowest BCUT2D eigenvalue weighted by Gasteiger charge is -2.45. The van der Waals surface area contributed by atoms with E-state index in [0.29, 0.717) is 17.2 Å². The minimum absolute atomic E-state index is 0.139. The minimum Gasteiger partial charge on any atom is -0.495 e. The van der Waals surface area contributed by atoms with Crippen LogP contribution in [0.25, 0.3) is 27.7 Å². The van der Waals surface area contributed by atoms with Gasteiger partial charge in [0, 0.05) is 59.8 Å². The second kappa shape index (κ2) is 12.0. The first-order valence-electron chi connectivity index (χ1n) is 13.2. The third-order valence-corrected chi connectivity index (χ3v) is 7.26. The van der Waals surface area contributed by atoms with Crippen molar-refractivity contribution >= 4 is 22.9 Å². The van der Waals surface area contributed by atoms with Crippen LogP contribution >= 0.6 is 0 Å². The highest BCUT2D eigenvalue weighted by Crippen LogP contribution is 2.36. The second-order valence-electron chi connectivity index (χ2n) is 10.2. The Morgan fingerprint density at radius 3 is 2.38 bits per heavy atom. The first-order chi connectivity index (χ1) is 18.8. The molecule has 2 aromatic heterocycles. The van der Waals surface area contributed by atoms with Crippen molar-refractivity contribution < 1.29 is 9.53 Å². The zero-order valence-corrected chi connectivity index (χ0v) is 23.3. The lowest BCUT2D eigenvalue weighted by atomic mass is 9.99. The summed E-state index contributed by atoms with van der Waals surface area (Å²) < 4.78 is 5.92. The molecule has 1 aliphatic rings. The topological polar surface area (TPSA) is 82.4 Å². The molecule has 3 aromatic rings. The van der Waals surface area contributed by atoms with Gasteiger partial charge in [0.2, 0.25) is 6.41 Å². The van der Waals surface area contributed by atoms with E-state index in [1.807, 2.05) is 29.2 Å². The van der Waals surface area contributed by atoms with Gasteiger partial charge in [0.15, 0.2) is 0 Å². The van der Waals surface area contributed by atoms with E-state index in [-0.39, 0.29) is 12.1 Å². The SMILES string of the molecule is C=C/C(=C\C=C(/C(C)C)N1CC(C)N(C=O)C(C)C1)c1cnc2c(-c3ccc(C#N)cc3)nccc2c1OC. The van der Waals surface area contributed by atoms with E-state index in [0.717, 1.165) is 52.8 Å². The number of ether oxygens (including phenoxy) is 1. The maximum atomic E-state index is 11.5. The zero-order valence-electron chi connectivity index (χ0n) is 23.3. The molecule has 4 rings (SSSR count). The van der Waals surface area contributed by atoms with Crippen molar-refractivity contribution in [1.82, 2.24) is 19.8 Å². The number of hydrogen-bond donors (Lipinski definition) is 0. The lowest BCUT2D eigenvalue weighted by molar-refractivity contribution is -0.124. The normalized spacial score (nSPS) is 18.3. The number of nitrogens with zero attached hydrogens (tertiary/aromatic N) is 5. The van der Waals surface area contributed by atoms with Gasteiger partial charge in [-0.25, -0.2) is 0 Å². The molecule has 0 radical (unpaired) electrons. The molecule has 0 N–H and O–H groups in total. The van der Waals surface area contributed by atoms with Crippen molar-refractivity contribution in [1.29, 1.82) is 5.26 Å². The van der Waals surface area contributed by atoms with Crippen LogP contribution in [-0.4, -0.2) is 58.5 Å². The number of piperazine rings is 1. The van der Waals surface area contributed by atoms with Gasteiger partial charge in [-0.1, -0.05) is 44.7 Å². The number of nitriles is 1. The highest BCUT2D eigenvalue weighted by Gasteiger charge is 2.29. The number of benzene rings is 1. The Morgan fingerprint density at radius 2 is 1.82 bits per heavy atom. The standard InChI is InChI=1S/C32H35N5O2/c1-7-25(12-13-29(21(2)3)36-18-22(4)37(20-38)23(5)19-36)28-17-35-31-27(32(28)39-6)14-15-34-30(31)26-10-8-24(16-33)9-11-26/h7-15,17,20-23H,1,18-19H2,2-6H3/b25-12+,29-13+. The third-order valence-electron chi connectivity index (χ3n) is 7.26. The average Bonchev–Trinajstić information content (AvgIpc) is 2.94. The number of carbonyl (C=O) groups is 1. The zero-order chi connectivity index (χ0) is 28.1. The van der Waals surface area contributed by atoms with Crippen molar-refractivity contribution in [3.05, 3.63) is 84.4 Å². The summed E-state index contributed by atoms with van der Waals surface area (Å²) in [6, 6.07) is 11.6. The molecule has 2 atom stereocenters. The molecule has 7 heteroatoms. The van der Waals surface area contributed by atoms with E-state index in [4.69, 9.17) is 15.0 Å². The van der Waals surface area contributed by atoms with Crippen LogP contribution in [0, 0.1) is 17.2 Å². The fourth-order valence-electron chi connectivity index (χ4n) is 5.30. The Hall–Kier alpha value is -4.44. The number of pyridine rings is 2. The molecule has 200 valence electrons. The molecule has 0 aliphatic carbocycles. The Balaban J connectivity index is 1.76. The maximum Gasteiger partial charge on any atom is 0.210 e. The molecular weight excluding hydrogens is 486 g/mol. The fourth-order valence-corrected chi connectivity index (χ4v) is 5.30. The lowest BCUT2D eigenvalue weighted by Crippen LogP contribution is -2.55. The molecule has 39 heavy (non-hydrogen) atoms. The van der Waals surface area contributed by atoms with Crippen molar-refractivity contribution in [3.8, 4) is 23.1 Å². The molecule has 0 spiro atoms. The summed E-state index contributed by atoms with van der Waals surface area (Å²) in [5.41, 5.74) is 5.86. The average molecular weight is 522 g/mol. The van der Waals surface area contributed by atoms with Crippen molar-refractivity contribution in [2.45, 2.75) is 39.8 Å². The molecule has 0 saturated carbocycles. The van der Waals surface area contributed by atoms with Gasteiger partial charge in [0.25, 0.3) is 0 Å². The Morgan fingerprint density at radius 1 is 1.13 bits per heavy atom. The molecule has 2 unspecified atom stereocenters. The van der Waals surface area contributed by atoms with E-state index >= 15 is 0 Å². The van der Waals surface area contributed by atoms with Gasteiger partial charge < -0.3 is 14.5 Å². The van der Waals surface area contributed by atoms with E-state index in [1.165, 1.54) is 5.70 Å². The number of hydrogen-bond acceptors (Lipinski definition) is 6. The molecular formula is C32H35N5O2. The molecule has 1 amide bonds. The van der Waals surface area contributed by atoms with Gasteiger partial charge in [-0.3, -0.25) is 14.8 Å². The summed E-state index contributed by atoms with van der Waals surface area (Å²) in [6.07, 6.45) is 10.5. The number of methoxy groups -OCH3 is 1. The van der Waals surface area contributed by atoms with Crippen molar-refractivity contribution in [2.75, 3.05) is 20.2 Å². The number of rotatable bonds is 8. The molecule has 0 bridgehead atoms. The highest BCUT2D eigenvalue weighted by molar-refractivity contribution is 5.98. The van der Waals surface area contributed by atoms with Crippen LogP contribution in [0.3, 0.4) is 0 Å². The summed E-state index contributed by atoms with van der Waals surface area (Å²) in [7, 11) is 1.66. The summed E-state index contributed by atoms with van der Waals surface area (Å²) in [4.78, 5) is 25.2. The van der Waals surface area contributed by atoms with E-state index in [2.05, 4.69) is 62.4 Å². The predicted octanol–water partition coefficient (Wildman–Crippen LogP) is 5.84. The summed E-state index contributed by atoms with van der Waals surface area (Å²) in [5.74, 6) is 0.997. The second-order valence-corrected chi connectivity index (χ2v) is 10.2. The minimum atomic E-state index is 0.139. The molecule has 1 saturated heterocycles. The van der Waals surface area contributed by atoms with Gasteiger partial charge in [0.05, 0.1) is 24.4 Å². The highest BCUT2D eigenvalue weighted by atomic mass is 16.5. The maximum absolute atomic E-state index is 11.5. The Kier molecular flexibility index (Phi) is 8.46.